The summed E-state index contributed by atoms with van der Waals surface area (Å²) in [7, 11) is 1.82. The van der Waals surface area contributed by atoms with Crippen molar-refractivity contribution < 1.29 is 0 Å². The van der Waals surface area contributed by atoms with Gasteiger partial charge >= 0.3 is 0 Å². The van der Waals surface area contributed by atoms with Crippen LogP contribution in [0.4, 0.5) is 11.8 Å². The number of rotatable bonds is 6. The molecule has 1 atom stereocenters. The van der Waals surface area contributed by atoms with Crippen LogP contribution in [0.25, 0.3) is 11.2 Å². The van der Waals surface area contributed by atoms with Gasteiger partial charge < -0.3 is 15.6 Å². The van der Waals surface area contributed by atoms with Crippen molar-refractivity contribution in [3.63, 3.8) is 0 Å². The first-order valence-corrected chi connectivity index (χ1v) is 6.95. The number of hydrogen-bond donors (Lipinski definition) is 3. The summed E-state index contributed by atoms with van der Waals surface area (Å²) in [5.74, 6) is 2.35. The van der Waals surface area contributed by atoms with Crippen LogP contribution in [0.1, 0.15) is 32.6 Å². The lowest BCUT2D eigenvalue weighted by atomic mass is 10.1. The Morgan fingerprint density at radius 1 is 1.42 bits per heavy atom. The molecule has 6 nitrogen and oxygen atoms in total. The third-order valence-corrected chi connectivity index (χ3v) is 3.66. The summed E-state index contributed by atoms with van der Waals surface area (Å²) in [5.41, 5.74) is 1.58. The smallest absolute Gasteiger partial charge is 0.226 e. The minimum atomic E-state index is 0.471. The summed E-state index contributed by atoms with van der Waals surface area (Å²) in [5, 5.41) is 6.52. The van der Waals surface area contributed by atoms with Crippen molar-refractivity contribution in [1.82, 2.24) is 19.9 Å². The van der Waals surface area contributed by atoms with E-state index in [9.17, 15) is 0 Å². The number of nitrogens with one attached hydrogen (secondary N) is 3. The minimum Gasteiger partial charge on any atom is -0.365 e. The van der Waals surface area contributed by atoms with E-state index in [1.165, 1.54) is 19.3 Å². The van der Waals surface area contributed by atoms with Gasteiger partial charge in [0.1, 0.15) is 5.52 Å². The predicted molar refractivity (Wildman–Crippen MR) is 76.3 cm³/mol. The Labute approximate surface area is 112 Å². The molecular weight excluding hydrogens is 240 g/mol. The number of H-pyrrole nitrogens is 1. The Bertz CT molecular complexity index is 559. The van der Waals surface area contributed by atoms with Gasteiger partial charge in [0, 0.05) is 13.1 Å². The molecule has 1 unspecified atom stereocenters. The van der Waals surface area contributed by atoms with Gasteiger partial charge in [-0.3, -0.25) is 0 Å². The largest absolute Gasteiger partial charge is 0.365 e. The fourth-order valence-electron chi connectivity index (χ4n) is 2.33. The Hall–Kier alpha value is -1.85. The second-order valence-electron chi connectivity index (χ2n) is 5.18. The number of nitrogens with zero attached hydrogens (tertiary/aromatic N) is 3. The van der Waals surface area contributed by atoms with Crippen LogP contribution in [-0.2, 0) is 0 Å². The fourth-order valence-corrected chi connectivity index (χ4v) is 2.33. The number of hydrogen-bond acceptors (Lipinski definition) is 5. The summed E-state index contributed by atoms with van der Waals surface area (Å²) < 4.78 is 0. The van der Waals surface area contributed by atoms with Crippen LogP contribution < -0.4 is 10.6 Å². The minimum absolute atomic E-state index is 0.471. The van der Waals surface area contributed by atoms with Gasteiger partial charge in [0.05, 0.1) is 6.33 Å². The topological polar surface area (TPSA) is 78.5 Å². The van der Waals surface area contributed by atoms with Crippen LogP contribution in [0, 0.1) is 5.92 Å². The van der Waals surface area contributed by atoms with Gasteiger partial charge in [-0.15, -0.1) is 0 Å². The molecule has 19 heavy (non-hydrogen) atoms. The lowest BCUT2D eigenvalue weighted by Crippen LogP contribution is -2.20. The summed E-state index contributed by atoms with van der Waals surface area (Å²) in [6, 6.07) is 0.471. The van der Waals surface area contributed by atoms with Crippen molar-refractivity contribution in [1.29, 1.82) is 0 Å². The van der Waals surface area contributed by atoms with E-state index in [0.717, 1.165) is 23.7 Å². The quantitative estimate of drug-likeness (QED) is 0.743. The van der Waals surface area contributed by atoms with Crippen molar-refractivity contribution in [2.24, 2.45) is 5.92 Å². The lowest BCUT2D eigenvalue weighted by molar-refractivity contribution is 0.585. The van der Waals surface area contributed by atoms with Gasteiger partial charge in [-0.05, 0) is 18.8 Å². The Kier molecular flexibility index (Phi) is 3.23. The zero-order chi connectivity index (χ0) is 13.2. The van der Waals surface area contributed by atoms with Crippen LogP contribution >= 0.6 is 0 Å². The van der Waals surface area contributed by atoms with Crippen LogP contribution in [-0.4, -0.2) is 33.0 Å². The maximum atomic E-state index is 4.50. The molecule has 0 aliphatic heterocycles. The zero-order valence-corrected chi connectivity index (χ0v) is 11.4. The molecule has 2 heterocycles. The average Bonchev–Trinajstić information content (AvgIpc) is 3.11. The highest BCUT2D eigenvalue weighted by atomic mass is 15.2. The van der Waals surface area contributed by atoms with E-state index in [-0.39, 0.29) is 0 Å². The Morgan fingerprint density at radius 2 is 2.26 bits per heavy atom. The SMILES string of the molecule is CCC(CC1CC1)Nc1nc(NC)nc2nc[nH]c12. The summed E-state index contributed by atoms with van der Waals surface area (Å²) in [4.78, 5) is 16.1. The number of aromatic nitrogens is 4. The molecule has 1 aliphatic carbocycles. The number of anilines is 2. The van der Waals surface area contributed by atoms with Crippen molar-refractivity contribution in [3.8, 4) is 0 Å². The standard InChI is InChI=1S/C13H20N6/c1-3-9(6-8-4-5-8)17-12-10-11(16-7-15-10)18-13(14-2)19-12/h7-9H,3-6H2,1-2H3,(H3,14,15,16,17,18,19). The van der Waals surface area contributed by atoms with Gasteiger partial charge in [0.2, 0.25) is 5.95 Å². The molecule has 3 N–H and O–H groups in total. The van der Waals surface area contributed by atoms with E-state index >= 15 is 0 Å². The normalized spacial score (nSPS) is 16.5. The number of aromatic amines is 1. The van der Waals surface area contributed by atoms with Crippen LogP contribution in [0.5, 0.6) is 0 Å². The van der Waals surface area contributed by atoms with Crippen molar-refractivity contribution >= 4 is 22.9 Å². The van der Waals surface area contributed by atoms with E-state index in [1.54, 1.807) is 6.33 Å². The molecule has 1 saturated carbocycles. The van der Waals surface area contributed by atoms with E-state index in [1.807, 2.05) is 7.05 Å². The van der Waals surface area contributed by atoms with Gasteiger partial charge in [0.25, 0.3) is 0 Å². The molecule has 0 radical (unpaired) electrons. The third-order valence-electron chi connectivity index (χ3n) is 3.66. The van der Waals surface area contributed by atoms with Gasteiger partial charge in [-0.2, -0.15) is 9.97 Å². The summed E-state index contributed by atoms with van der Waals surface area (Å²) in [6.45, 7) is 2.21. The lowest BCUT2D eigenvalue weighted by Gasteiger charge is -2.17. The van der Waals surface area contributed by atoms with Crippen LogP contribution in [0.15, 0.2) is 6.33 Å². The number of imidazole rings is 1. The highest BCUT2D eigenvalue weighted by Gasteiger charge is 2.25. The van der Waals surface area contributed by atoms with E-state index in [2.05, 4.69) is 37.5 Å². The molecule has 0 aromatic carbocycles. The van der Waals surface area contributed by atoms with Crippen LogP contribution in [0.3, 0.4) is 0 Å². The summed E-state index contributed by atoms with van der Waals surface area (Å²) in [6.07, 6.45) is 6.74. The molecule has 6 heteroatoms. The molecule has 1 fully saturated rings. The van der Waals surface area contributed by atoms with Gasteiger partial charge in [-0.25, -0.2) is 4.98 Å². The maximum Gasteiger partial charge on any atom is 0.226 e. The molecule has 1 aliphatic rings. The second kappa shape index (κ2) is 5.03. The highest BCUT2D eigenvalue weighted by molar-refractivity contribution is 5.83. The zero-order valence-electron chi connectivity index (χ0n) is 11.4. The average molecular weight is 260 g/mol. The first kappa shape index (κ1) is 12.2. The van der Waals surface area contributed by atoms with Crippen LogP contribution in [0.2, 0.25) is 0 Å². The summed E-state index contributed by atoms with van der Waals surface area (Å²) >= 11 is 0. The third kappa shape index (κ3) is 2.62. The predicted octanol–water partition coefficient (Wildman–Crippen LogP) is 2.39. The van der Waals surface area contributed by atoms with Gasteiger partial charge in [-0.1, -0.05) is 19.8 Å². The molecule has 0 spiro atoms. The van der Waals surface area contributed by atoms with Gasteiger partial charge in [0.15, 0.2) is 11.5 Å². The molecule has 0 bridgehead atoms. The molecule has 0 amide bonds. The monoisotopic (exact) mass is 260 g/mol. The molecule has 2 aromatic rings. The maximum absolute atomic E-state index is 4.50. The first-order chi connectivity index (χ1) is 9.30. The Morgan fingerprint density at radius 3 is 2.95 bits per heavy atom. The molecule has 2 aromatic heterocycles. The van der Waals surface area contributed by atoms with E-state index in [0.29, 0.717) is 17.6 Å². The second-order valence-corrected chi connectivity index (χ2v) is 5.18. The first-order valence-electron chi connectivity index (χ1n) is 6.95. The molecule has 0 saturated heterocycles. The van der Waals surface area contributed by atoms with Crippen molar-refractivity contribution in [2.75, 3.05) is 17.7 Å². The Balaban J connectivity index is 1.86. The molecule has 3 rings (SSSR count). The molecular formula is C13H20N6. The number of fused-ring (bicyclic) bond motifs is 1. The molecule has 102 valence electrons. The van der Waals surface area contributed by atoms with E-state index in [4.69, 9.17) is 0 Å². The van der Waals surface area contributed by atoms with Crippen molar-refractivity contribution in [2.45, 2.75) is 38.6 Å². The fraction of sp³-hybridized carbons (Fsp3) is 0.615. The van der Waals surface area contributed by atoms with E-state index < -0.39 is 0 Å². The van der Waals surface area contributed by atoms with Crippen molar-refractivity contribution in [3.05, 3.63) is 6.33 Å². The highest BCUT2D eigenvalue weighted by Crippen LogP contribution is 2.35.